The fourth-order valence-electron chi connectivity index (χ4n) is 4.26. The second-order valence-electron chi connectivity index (χ2n) is 8.69. The van der Waals surface area contributed by atoms with Crippen LogP contribution in [-0.4, -0.2) is 68.6 Å². The molecule has 3 N–H and O–H groups in total. The first-order valence-electron chi connectivity index (χ1n) is 11.9. The molecule has 0 unspecified atom stereocenters. The first kappa shape index (κ1) is 24.3. The summed E-state index contributed by atoms with van der Waals surface area (Å²) in [7, 11) is -3.60. The van der Waals surface area contributed by atoms with Gasteiger partial charge in [0.25, 0.3) is 0 Å². The molecule has 2 aliphatic rings. The van der Waals surface area contributed by atoms with E-state index in [-0.39, 0.29) is 17.2 Å². The molecule has 11 heteroatoms. The van der Waals surface area contributed by atoms with Crippen LogP contribution >= 0.6 is 0 Å². The highest BCUT2D eigenvalue weighted by atomic mass is 32.2. The lowest BCUT2D eigenvalue weighted by atomic mass is 10.1. The Morgan fingerprint density at radius 1 is 1.06 bits per heavy atom. The number of ether oxygens (including phenoxy) is 1. The fraction of sp³-hybridized carbons (Fsp3) is 0.320. The summed E-state index contributed by atoms with van der Waals surface area (Å²) in [6.45, 7) is 4.44. The number of carbonyl (C=O) groups is 1. The number of nitrogens with zero attached hydrogens (tertiary/aromatic N) is 3. The molecule has 3 heterocycles. The number of fused-ring (bicyclic) bond motifs is 3. The molecule has 1 aromatic heterocycles. The number of para-hydroxylation sites is 1. The Balaban J connectivity index is 1.23. The minimum Gasteiger partial charge on any atom is -0.379 e. The molecular weight excluding hydrogens is 480 g/mol. The summed E-state index contributed by atoms with van der Waals surface area (Å²) in [5.74, 6) is 0.242. The number of amides is 1. The zero-order valence-electron chi connectivity index (χ0n) is 19.7. The first-order chi connectivity index (χ1) is 17.5. The number of aromatic nitrogens is 2. The lowest BCUT2D eigenvalue weighted by Gasteiger charge is -2.26. The molecule has 0 spiro atoms. The summed E-state index contributed by atoms with van der Waals surface area (Å²) in [4.78, 5) is 23.7. The highest BCUT2D eigenvalue weighted by molar-refractivity contribution is 7.89. The van der Waals surface area contributed by atoms with Crippen LogP contribution in [0, 0.1) is 0 Å². The van der Waals surface area contributed by atoms with Crippen LogP contribution < -0.4 is 15.4 Å². The highest BCUT2D eigenvalue weighted by Crippen LogP contribution is 2.32. The molecule has 1 fully saturated rings. The van der Waals surface area contributed by atoms with Crippen molar-refractivity contribution in [2.75, 3.05) is 50.0 Å². The fourth-order valence-corrected chi connectivity index (χ4v) is 5.33. The molecule has 0 radical (unpaired) electrons. The van der Waals surface area contributed by atoms with Crippen molar-refractivity contribution in [2.45, 2.75) is 17.7 Å². The van der Waals surface area contributed by atoms with Crippen molar-refractivity contribution in [3.8, 4) is 11.3 Å². The van der Waals surface area contributed by atoms with E-state index in [2.05, 4.69) is 30.2 Å². The van der Waals surface area contributed by atoms with Gasteiger partial charge in [0.1, 0.15) is 0 Å². The van der Waals surface area contributed by atoms with Gasteiger partial charge < -0.3 is 15.4 Å². The number of nitrogens with one attached hydrogen (secondary N) is 3. The van der Waals surface area contributed by atoms with Crippen molar-refractivity contribution in [1.29, 1.82) is 0 Å². The lowest BCUT2D eigenvalue weighted by molar-refractivity contribution is -0.115. The smallest absolute Gasteiger partial charge is 0.240 e. The van der Waals surface area contributed by atoms with Gasteiger partial charge in [-0.25, -0.2) is 23.1 Å². The summed E-state index contributed by atoms with van der Waals surface area (Å²) in [5.41, 5.74) is 3.60. The summed E-state index contributed by atoms with van der Waals surface area (Å²) < 4.78 is 33.3. The van der Waals surface area contributed by atoms with E-state index in [0.717, 1.165) is 50.4 Å². The molecule has 36 heavy (non-hydrogen) atoms. The number of benzene rings is 2. The van der Waals surface area contributed by atoms with Crippen molar-refractivity contribution in [3.05, 3.63) is 60.3 Å². The molecule has 2 aliphatic heterocycles. The largest absolute Gasteiger partial charge is 0.379 e. The number of rotatable bonds is 8. The van der Waals surface area contributed by atoms with E-state index in [0.29, 0.717) is 29.6 Å². The second-order valence-corrected chi connectivity index (χ2v) is 10.5. The van der Waals surface area contributed by atoms with Crippen LogP contribution in [0.1, 0.15) is 12.0 Å². The summed E-state index contributed by atoms with van der Waals surface area (Å²) >= 11 is 0. The third kappa shape index (κ3) is 5.71. The topological polar surface area (TPSA) is 126 Å². The highest BCUT2D eigenvalue weighted by Gasteiger charge is 2.21. The van der Waals surface area contributed by atoms with E-state index in [9.17, 15) is 13.2 Å². The summed E-state index contributed by atoms with van der Waals surface area (Å²) in [5, 5.41) is 6.02. The van der Waals surface area contributed by atoms with Crippen molar-refractivity contribution >= 4 is 33.3 Å². The quantitative estimate of drug-likeness (QED) is 0.396. The third-order valence-electron chi connectivity index (χ3n) is 6.14. The average Bonchev–Trinajstić information content (AvgIpc) is 3.03. The van der Waals surface area contributed by atoms with Crippen molar-refractivity contribution < 1.29 is 17.9 Å². The van der Waals surface area contributed by atoms with Crippen LogP contribution in [0.3, 0.4) is 0 Å². The predicted molar refractivity (Wildman–Crippen MR) is 137 cm³/mol. The van der Waals surface area contributed by atoms with Gasteiger partial charge in [-0.3, -0.25) is 9.69 Å². The zero-order valence-corrected chi connectivity index (χ0v) is 20.6. The molecule has 0 saturated carbocycles. The third-order valence-corrected chi connectivity index (χ3v) is 7.62. The molecule has 0 atom stereocenters. The zero-order chi connectivity index (χ0) is 25.0. The molecule has 0 aliphatic carbocycles. The van der Waals surface area contributed by atoms with Crippen LogP contribution in [0.4, 0.5) is 17.3 Å². The van der Waals surface area contributed by atoms with Gasteiger partial charge >= 0.3 is 0 Å². The van der Waals surface area contributed by atoms with E-state index in [4.69, 9.17) is 4.74 Å². The van der Waals surface area contributed by atoms with Crippen LogP contribution in [0.5, 0.6) is 0 Å². The van der Waals surface area contributed by atoms with Gasteiger partial charge in [0, 0.05) is 42.6 Å². The van der Waals surface area contributed by atoms with E-state index in [1.54, 1.807) is 30.5 Å². The standard InChI is InChI=1S/C25H28N6O4S/c32-23-16-18-17-26-25(30-24(18)21-4-1-2-5-22(21)29-23)28-19-6-8-20(9-7-19)36(33,34)27-10-3-11-31-12-14-35-15-13-31/h1-2,4-9,17,27H,3,10-16H2,(H,29,32)(H,26,28,30). The Hall–Kier alpha value is -3.38. The molecule has 5 rings (SSSR count). The number of hydrogen-bond donors (Lipinski definition) is 3. The van der Waals surface area contributed by atoms with E-state index >= 15 is 0 Å². The van der Waals surface area contributed by atoms with Gasteiger partial charge in [-0.1, -0.05) is 18.2 Å². The maximum atomic E-state index is 12.7. The normalized spacial score (nSPS) is 15.9. The van der Waals surface area contributed by atoms with E-state index in [1.807, 2.05) is 24.3 Å². The van der Waals surface area contributed by atoms with Gasteiger partial charge in [-0.2, -0.15) is 0 Å². The van der Waals surface area contributed by atoms with Crippen molar-refractivity contribution in [3.63, 3.8) is 0 Å². The molecular formula is C25H28N6O4S. The molecule has 188 valence electrons. The molecule has 10 nitrogen and oxygen atoms in total. The van der Waals surface area contributed by atoms with Gasteiger partial charge in [-0.05, 0) is 43.3 Å². The minimum absolute atomic E-state index is 0.114. The van der Waals surface area contributed by atoms with Crippen molar-refractivity contribution in [2.24, 2.45) is 0 Å². The lowest BCUT2D eigenvalue weighted by Crippen LogP contribution is -2.38. The Morgan fingerprint density at radius 2 is 1.83 bits per heavy atom. The summed E-state index contributed by atoms with van der Waals surface area (Å²) in [6.07, 6.45) is 2.57. The van der Waals surface area contributed by atoms with Gasteiger partial charge in [0.2, 0.25) is 21.9 Å². The predicted octanol–water partition coefficient (Wildman–Crippen LogP) is 2.38. The maximum absolute atomic E-state index is 12.7. The van der Waals surface area contributed by atoms with Gasteiger partial charge in [-0.15, -0.1) is 0 Å². The number of morpholine rings is 1. The Morgan fingerprint density at radius 3 is 2.64 bits per heavy atom. The number of anilines is 3. The van der Waals surface area contributed by atoms with Gasteiger partial charge in [0.15, 0.2) is 0 Å². The monoisotopic (exact) mass is 508 g/mol. The van der Waals surface area contributed by atoms with E-state index in [1.165, 1.54) is 0 Å². The van der Waals surface area contributed by atoms with Gasteiger partial charge in [0.05, 0.1) is 35.9 Å². The van der Waals surface area contributed by atoms with Crippen LogP contribution in [-0.2, 0) is 26.0 Å². The number of hydrogen-bond acceptors (Lipinski definition) is 8. The molecule has 1 amide bonds. The average molecular weight is 509 g/mol. The van der Waals surface area contributed by atoms with Crippen LogP contribution in [0.2, 0.25) is 0 Å². The van der Waals surface area contributed by atoms with E-state index < -0.39 is 10.0 Å². The Kier molecular flexibility index (Phi) is 7.23. The van der Waals surface area contributed by atoms with Crippen LogP contribution in [0.15, 0.2) is 59.6 Å². The molecule has 3 aromatic rings. The molecule has 0 bridgehead atoms. The first-order valence-corrected chi connectivity index (χ1v) is 13.4. The Bertz CT molecular complexity index is 1340. The number of sulfonamides is 1. The SMILES string of the molecule is O=C1Cc2cnc(Nc3ccc(S(=O)(=O)NCCCN4CCOCC4)cc3)nc2-c2ccccc2N1. The van der Waals surface area contributed by atoms with Crippen LogP contribution in [0.25, 0.3) is 11.3 Å². The minimum atomic E-state index is -3.60. The number of carbonyl (C=O) groups excluding carboxylic acids is 1. The maximum Gasteiger partial charge on any atom is 0.240 e. The summed E-state index contributed by atoms with van der Waals surface area (Å²) in [6, 6.07) is 14.0. The second kappa shape index (κ2) is 10.7. The Labute approximate surface area is 210 Å². The molecule has 1 saturated heterocycles. The van der Waals surface area contributed by atoms with Crippen molar-refractivity contribution in [1.82, 2.24) is 19.6 Å². The molecule has 2 aromatic carbocycles.